The van der Waals surface area contributed by atoms with Crippen molar-refractivity contribution in [2.24, 2.45) is 11.8 Å². The Morgan fingerprint density at radius 3 is 1.71 bits per heavy atom. The van der Waals surface area contributed by atoms with Crippen LogP contribution in [0.2, 0.25) is 0 Å². The van der Waals surface area contributed by atoms with Gasteiger partial charge in [0.1, 0.15) is 0 Å². The second kappa shape index (κ2) is 5.76. The molecule has 2 aliphatic carbocycles. The fourth-order valence-electron chi connectivity index (χ4n) is 2.24. The van der Waals surface area contributed by atoms with Crippen LogP contribution in [0.4, 0.5) is 5.69 Å². The fourth-order valence-corrected chi connectivity index (χ4v) is 2.24. The highest BCUT2D eigenvalue weighted by Crippen LogP contribution is 2.28. The molecular weight excluding hydrogens is 266 g/mol. The number of nitrogens with one attached hydrogen (secondary N) is 2. The number of carbonyl (C=O) groups excluding carboxylic acids is 2. The Morgan fingerprint density at radius 1 is 0.905 bits per heavy atom. The van der Waals surface area contributed by atoms with Crippen molar-refractivity contribution in [1.29, 1.82) is 0 Å². The molecule has 0 aromatic heterocycles. The lowest BCUT2D eigenvalue weighted by Crippen LogP contribution is -2.28. The second-order valence-corrected chi connectivity index (χ2v) is 6.15. The van der Waals surface area contributed by atoms with Crippen molar-refractivity contribution in [3.63, 3.8) is 0 Å². The Kier molecular flexibility index (Phi) is 3.82. The van der Waals surface area contributed by atoms with Crippen LogP contribution < -0.4 is 16.4 Å². The third kappa shape index (κ3) is 3.97. The molecule has 0 heterocycles. The van der Waals surface area contributed by atoms with E-state index in [1.807, 2.05) is 0 Å². The monoisotopic (exact) mass is 287 g/mol. The first kappa shape index (κ1) is 13.9. The number of amides is 2. The molecule has 0 aliphatic heterocycles. The number of benzene rings is 1. The van der Waals surface area contributed by atoms with Gasteiger partial charge in [0.25, 0.3) is 11.8 Å². The molecule has 2 amide bonds. The van der Waals surface area contributed by atoms with Crippen LogP contribution in [-0.2, 0) is 0 Å². The summed E-state index contributed by atoms with van der Waals surface area (Å²) in [6.07, 6.45) is 4.75. The number of carbonyl (C=O) groups is 2. The van der Waals surface area contributed by atoms with Crippen molar-refractivity contribution >= 4 is 17.5 Å². The molecule has 0 saturated heterocycles. The molecule has 2 fully saturated rings. The molecule has 0 bridgehead atoms. The minimum atomic E-state index is -0.162. The first-order valence-corrected chi connectivity index (χ1v) is 7.59. The highest BCUT2D eigenvalue weighted by molar-refractivity contribution is 6.01. The maximum atomic E-state index is 12.1. The zero-order chi connectivity index (χ0) is 14.8. The van der Waals surface area contributed by atoms with E-state index in [9.17, 15) is 9.59 Å². The lowest BCUT2D eigenvalue weighted by molar-refractivity contribution is 0.0951. The van der Waals surface area contributed by atoms with E-state index >= 15 is 0 Å². The Labute approximate surface area is 124 Å². The minimum absolute atomic E-state index is 0.162. The molecule has 21 heavy (non-hydrogen) atoms. The zero-order valence-corrected chi connectivity index (χ0v) is 12.0. The van der Waals surface area contributed by atoms with E-state index in [0.29, 0.717) is 41.7 Å². The number of nitrogens with two attached hydrogens (primary N) is 1. The van der Waals surface area contributed by atoms with Gasteiger partial charge < -0.3 is 16.4 Å². The number of hydrogen-bond acceptors (Lipinski definition) is 3. The van der Waals surface area contributed by atoms with Crippen molar-refractivity contribution in [2.75, 3.05) is 18.8 Å². The van der Waals surface area contributed by atoms with Gasteiger partial charge in [-0.15, -0.1) is 0 Å². The van der Waals surface area contributed by atoms with Gasteiger partial charge in [0.15, 0.2) is 0 Å². The first-order chi connectivity index (χ1) is 10.1. The van der Waals surface area contributed by atoms with Crippen molar-refractivity contribution in [2.45, 2.75) is 25.7 Å². The summed E-state index contributed by atoms with van der Waals surface area (Å²) in [6, 6.07) is 4.83. The standard InChI is InChI=1S/C16H21N3O2/c17-14-6-12(15(20)18-8-10-1-2-10)5-13(7-14)16(21)19-9-11-3-4-11/h5-7,10-11H,1-4,8-9,17H2,(H,18,20)(H,19,21). The predicted octanol–water partition coefficient (Wildman–Crippen LogP) is 1.55. The van der Waals surface area contributed by atoms with Crippen LogP contribution in [-0.4, -0.2) is 24.9 Å². The van der Waals surface area contributed by atoms with Gasteiger partial charge in [0.2, 0.25) is 0 Å². The maximum Gasteiger partial charge on any atom is 0.251 e. The summed E-state index contributed by atoms with van der Waals surface area (Å²) < 4.78 is 0. The Balaban J connectivity index is 1.65. The molecule has 2 saturated carbocycles. The number of rotatable bonds is 6. The van der Waals surface area contributed by atoms with E-state index < -0.39 is 0 Å². The molecule has 1 aromatic carbocycles. The molecule has 112 valence electrons. The molecule has 2 aliphatic rings. The largest absolute Gasteiger partial charge is 0.399 e. The van der Waals surface area contributed by atoms with Gasteiger partial charge in [0, 0.05) is 29.9 Å². The Morgan fingerprint density at radius 2 is 1.33 bits per heavy atom. The van der Waals surface area contributed by atoms with E-state index in [1.54, 1.807) is 18.2 Å². The van der Waals surface area contributed by atoms with Crippen LogP contribution in [0.5, 0.6) is 0 Å². The number of hydrogen-bond donors (Lipinski definition) is 3. The summed E-state index contributed by atoms with van der Waals surface area (Å²) in [7, 11) is 0. The van der Waals surface area contributed by atoms with E-state index in [2.05, 4.69) is 10.6 Å². The van der Waals surface area contributed by atoms with Gasteiger partial charge in [-0.05, 0) is 55.7 Å². The second-order valence-electron chi connectivity index (χ2n) is 6.15. The first-order valence-electron chi connectivity index (χ1n) is 7.59. The van der Waals surface area contributed by atoms with Gasteiger partial charge >= 0.3 is 0 Å². The van der Waals surface area contributed by atoms with Crippen molar-refractivity contribution in [3.05, 3.63) is 29.3 Å². The molecule has 1 aromatic rings. The average molecular weight is 287 g/mol. The van der Waals surface area contributed by atoms with Gasteiger partial charge in [-0.2, -0.15) is 0 Å². The van der Waals surface area contributed by atoms with Crippen molar-refractivity contribution in [3.8, 4) is 0 Å². The summed E-state index contributed by atoms with van der Waals surface area (Å²) in [4.78, 5) is 24.2. The molecule has 0 spiro atoms. The summed E-state index contributed by atoms with van der Waals surface area (Å²) in [5.41, 5.74) is 7.15. The van der Waals surface area contributed by atoms with E-state index in [-0.39, 0.29) is 11.8 Å². The Bertz CT molecular complexity index is 516. The zero-order valence-electron chi connectivity index (χ0n) is 12.0. The summed E-state index contributed by atoms with van der Waals surface area (Å²) in [5, 5.41) is 5.78. The van der Waals surface area contributed by atoms with Gasteiger partial charge in [-0.1, -0.05) is 0 Å². The maximum absolute atomic E-state index is 12.1. The van der Waals surface area contributed by atoms with Crippen LogP contribution in [0, 0.1) is 11.8 Å². The number of anilines is 1. The normalized spacial score (nSPS) is 17.3. The van der Waals surface area contributed by atoms with Crippen LogP contribution in [0.3, 0.4) is 0 Å². The smallest absolute Gasteiger partial charge is 0.251 e. The molecule has 0 atom stereocenters. The summed E-state index contributed by atoms with van der Waals surface area (Å²) >= 11 is 0. The predicted molar refractivity (Wildman–Crippen MR) is 81.0 cm³/mol. The number of nitrogen functional groups attached to an aromatic ring is 1. The van der Waals surface area contributed by atoms with E-state index in [1.165, 1.54) is 25.7 Å². The third-order valence-corrected chi connectivity index (χ3v) is 3.98. The molecule has 0 radical (unpaired) electrons. The van der Waals surface area contributed by atoms with Crippen LogP contribution in [0.15, 0.2) is 18.2 Å². The third-order valence-electron chi connectivity index (χ3n) is 3.98. The highest BCUT2D eigenvalue weighted by atomic mass is 16.2. The van der Waals surface area contributed by atoms with Crippen molar-refractivity contribution in [1.82, 2.24) is 10.6 Å². The lowest BCUT2D eigenvalue weighted by atomic mass is 10.1. The minimum Gasteiger partial charge on any atom is -0.399 e. The molecule has 5 heteroatoms. The molecule has 3 rings (SSSR count). The fraction of sp³-hybridized carbons (Fsp3) is 0.500. The average Bonchev–Trinajstić information content (AvgIpc) is 3.36. The van der Waals surface area contributed by atoms with Crippen molar-refractivity contribution < 1.29 is 9.59 Å². The molecule has 4 N–H and O–H groups in total. The van der Waals surface area contributed by atoms with Crippen LogP contribution in [0.1, 0.15) is 46.4 Å². The SMILES string of the molecule is Nc1cc(C(=O)NCC2CC2)cc(C(=O)NCC2CC2)c1. The quantitative estimate of drug-likeness (QED) is 0.694. The van der Waals surface area contributed by atoms with Crippen LogP contribution in [0.25, 0.3) is 0 Å². The summed E-state index contributed by atoms with van der Waals surface area (Å²) in [5.74, 6) is 0.920. The molecular formula is C16H21N3O2. The van der Waals surface area contributed by atoms with E-state index in [4.69, 9.17) is 5.73 Å². The van der Waals surface area contributed by atoms with E-state index in [0.717, 1.165) is 0 Å². The Hall–Kier alpha value is -2.04. The summed E-state index contributed by atoms with van der Waals surface area (Å²) in [6.45, 7) is 1.41. The highest BCUT2D eigenvalue weighted by Gasteiger charge is 2.23. The molecule has 0 unspecified atom stereocenters. The van der Waals surface area contributed by atoms with Gasteiger partial charge in [0.05, 0.1) is 0 Å². The van der Waals surface area contributed by atoms with Gasteiger partial charge in [-0.25, -0.2) is 0 Å². The van der Waals surface area contributed by atoms with Gasteiger partial charge in [-0.3, -0.25) is 9.59 Å². The van der Waals surface area contributed by atoms with Crippen LogP contribution >= 0.6 is 0 Å². The lowest BCUT2D eigenvalue weighted by Gasteiger charge is -2.09. The molecule has 5 nitrogen and oxygen atoms in total. The topological polar surface area (TPSA) is 84.2 Å².